The van der Waals surface area contributed by atoms with E-state index in [0.717, 1.165) is 0 Å². The molecule has 1 amide bonds. The van der Waals surface area contributed by atoms with Crippen molar-refractivity contribution < 1.29 is 4.79 Å². The molecule has 0 bridgehead atoms. The van der Waals surface area contributed by atoms with E-state index in [4.69, 9.17) is 5.73 Å². The molecule has 8 heteroatoms. The second-order valence-corrected chi connectivity index (χ2v) is 3.81. The van der Waals surface area contributed by atoms with Gasteiger partial charge in [0, 0.05) is 25.8 Å². The van der Waals surface area contributed by atoms with E-state index in [1.54, 1.807) is 11.7 Å². The lowest BCUT2D eigenvalue weighted by atomic mass is 10.5. The summed E-state index contributed by atoms with van der Waals surface area (Å²) in [5.74, 6) is 0.672. The van der Waals surface area contributed by atoms with Gasteiger partial charge in [-0.15, -0.1) is 5.10 Å². The normalized spacial score (nSPS) is 10.3. The predicted molar refractivity (Wildman–Crippen MR) is 56.3 cm³/mol. The number of thioether (sulfide) groups is 1. The second-order valence-electron chi connectivity index (χ2n) is 2.74. The van der Waals surface area contributed by atoms with Gasteiger partial charge in [0.2, 0.25) is 11.1 Å². The van der Waals surface area contributed by atoms with E-state index >= 15 is 0 Å². The summed E-state index contributed by atoms with van der Waals surface area (Å²) in [6.45, 7) is 1.09. The summed E-state index contributed by atoms with van der Waals surface area (Å²) in [7, 11) is 1.62. The van der Waals surface area contributed by atoms with Gasteiger partial charge in [0.05, 0.1) is 6.54 Å². The molecule has 1 rings (SSSR count). The Balaban J connectivity index is 2.36. The number of aromatic nitrogens is 4. The highest BCUT2D eigenvalue weighted by atomic mass is 32.2. The van der Waals surface area contributed by atoms with E-state index in [-0.39, 0.29) is 5.91 Å². The quantitative estimate of drug-likeness (QED) is 0.599. The van der Waals surface area contributed by atoms with Gasteiger partial charge in [-0.3, -0.25) is 4.79 Å². The topological polar surface area (TPSA) is 98.7 Å². The molecule has 1 aromatic rings. The van der Waals surface area contributed by atoms with Gasteiger partial charge in [-0.1, -0.05) is 11.8 Å². The Kier molecular flexibility index (Phi) is 5.05. The van der Waals surface area contributed by atoms with Gasteiger partial charge in [0.25, 0.3) is 0 Å². The number of hydrogen-bond donors (Lipinski definition) is 2. The van der Waals surface area contributed by atoms with Crippen molar-refractivity contribution in [1.29, 1.82) is 0 Å². The molecule has 0 aliphatic heterocycles. The van der Waals surface area contributed by atoms with Crippen molar-refractivity contribution >= 4 is 17.7 Å². The monoisotopic (exact) mass is 230 g/mol. The fourth-order valence-corrected chi connectivity index (χ4v) is 1.76. The van der Waals surface area contributed by atoms with Crippen LogP contribution >= 0.6 is 11.8 Å². The summed E-state index contributed by atoms with van der Waals surface area (Å²) in [4.78, 5) is 10.9. The molecule has 0 radical (unpaired) electrons. The van der Waals surface area contributed by atoms with Crippen LogP contribution in [0.25, 0.3) is 0 Å². The molecule has 1 aromatic heterocycles. The standard InChI is InChI=1S/C7H14N6OS/c1-9-6(14)2-5-15-7-10-11-12-13(7)4-3-8/h2-5,8H2,1H3,(H,9,14). The van der Waals surface area contributed by atoms with E-state index in [9.17, 15) is 4.79 Å². The molecule has 0 spiro atoms. The van der Waals surface area contributed by atoms with Crippen molar-refractivity contribution in [2.24, 2.45) is 5.73 Å². The summed E-state index contributed by atoms with van der Waals surface area (Å²) in [6.07, 6.45) is 0.455. The number of nitrogens with zero attached hydrogens (tertiary/aromatic N) is 4. The van der Waals surface area contributed by atoms with E-state index < -0.39 is 0 Å². The van der Waals surface area contributed by atoms with Crippen LogP contribution in [0.5, 0.6) is 0 Å². The van der Waals surface area contributed by atoms with Gasteiger partial charge in [-0.25, -0.2) is 4.68 Å². The van der Waals surface area contributed by atoms with Crippen LogP contribution in [-0.4, -0.2) is 45.5 Å². The summed E-state index contributed by atoms with van der Waals surface area (Å²) in [5.41, 5.74) is 5.40. The molecule has 3 N–H and O–H groups in total. The van der Waals surface area contributed by atoms with Gasteiger partial charge in [0.1, 0.15) is 0 Å². The average Bonchev–Trinajstić information content (AvgIpc) is 2.66. The number of carbonyl (C=O) groups is 1. The van der Waals surface area contributed by atoms with E-state index in [2.05, 4.69) is 20.8 Å². The highest BCUT2D eigenvalue weighted by Crippen LogP contribution is 2.13. The molecule has 0 aliphatic carbocycles. The van der Waals surface area contributed by atoms with Crippen LogP contribution in [0.15, 0.2) is 5.16 Å². The largest absolute Gasteiger partial charge is 0.359 e. The lowest BCUT2D eigenvalue weighted by molar-refractivity contribution is -0.120. The molecule has 1 heterocycles. The number of tetrazole rings is 1. The zero-order chi connectivity index (χ0) is 11.1. The minimum absolute atomic E-state index is 0.0142. The van der Waals surface area contributed by atoms with Crippen LogP contribution in [0.3, 0.4) is 0 Å². The zero-order valence-electron chi connectivity index (χ0n) is 8.51. The molecule has 0 aliphatic rings. The summed E-state index contributed by atoms with van der Waals surface area (Å²) in [5, 5.41) is 14.4. The Labute approximate surface area is 91.8 Å². The maximum Gasteiger partial charge on any atom is 0.220 e. The molecule has 0 saturated heterocycles. The first-order valence-corrected chi connectivity index (χ1v) is 5.56. The maximum atomic E-state index is 10.9. The van der Waals surface area contributed by atoms with Crippen LogP contribution in [0, 0.1) is 0 Å². The Morgan fingerprint density at radius 3 is 3.13 bits per heavy atom. The fraction of sp³-hybridized carbons (Fsp3) is 0.714. The number of nitrogens with two attached hydrogens (primary N) is 1. The first-order valence-electron chi connectivity index (χ1n) is 4.57. The minimum Gasteiger partial charge on any atom is -0.359 e. The number of nitrogens with one attached hydrogen (secondary N) is 1. The lowest BCUT2D eigenvalue weighted by Crippen LogP contribution is -2.18. The second kappa shape index (κ2) is 6.36. The third-order valence-corrected chi connectivity index (χ3v) is 2.64. The molecule has 0 fully saturated rings. The van der Waals surface area contributed by atoms with Crippen LogP contribution < -0.4 is 11.1 Å². The van der Waals surface area contributed by atoms with Crippen molar-refractivity contribution in [3.63, 3.8) is 0 Å². The Hall–Kier alpha value is -1.15. The van der Waals surface area contributed by atoms with E-state index in [1.807, 2.05) is 0 Å². The van der Waals surface area contributed by atoms with Crippen LogP contribution in [-0.2, 0) is 11.3 Å². The van der Waals surface area contributed by atoms with Gasteiger partial charge >= 0.3 is 0 Å². The number of rotatable bonds is 6. The summed E-state index contributed by atoms with van der Waals surface area (Å²) in [6, 6.07) is 0. The maximum absolute atomic E-state index is 10.9. The summed E-state index contributed by atoms with van der Waals surface area (Å²) >= 11 is 1.45. The summed E-state index contributed by atoms with van der Waals surface area (Å²) < 4.78 is 1.63. The van der Waals surface area contributed by atoms with E-state index in [0.29, 0.717) is 30.4 Å². The highest BCUT2D eigenvalue weighted by molar-refractivity contribution is 7.99. The third-order valence-electron chi connectivity index (χ3n) is 1.68. The Morgan fingerprint density at radius 2 is 2.47 bits per heavy atom. The average molecular weight is 230 g/mol. The number of amides is 1. The highest BCUT2D eigenvalue weighted by Gasteiger charge is 2.06. The van der Waals surface area contributed by atoms with Crippen molar-refractivity contribution in [2.45, 2.75) is 18.1 Å². The molecule has 0 aromatic carbocycles. The third kappa shape index (κ3) is 3.84. The predicted octanol–water partition coefficient (Wildman–Crippen LogP) is -1.14. The number of hydrogen-bond acceptors (Lipinski definition) is 6. The molecule has 0 atom stereocenters. The Bertz CT molecular complexity index is 314. The van der Waals surface area contributed by atoms with Crippen molar-refractivity contribution in [3.8, 4) is 0 Å². The minimum atomic E-state index is 0.0142. The first kappa shape index (κ1) is 11.9. The fourth-order valence-electron chi connectivity index (χ4n) is 0.922. The molecular weight excluding hydrogens is 216 g/mol. The van der Waals surface area contributed by atoms with E-state index in [1.165, 1.54) is 11.8 Å². The first-order chi connectivity index (χ1) is 7.27. The van der Waals surface area contributed by atoms with Gasteiger partial charge in [-0.05, 0) is 10.4 Å². The van der Waals surface area contributed by atoms with Crippen LogP contribution in [0.2, 0.25) is 0 Å². The molecule has 0 saturated carbocycles. The van der Waals surface area contributed by atoms with Gasteiger partial charge in [0.15, 0.2) is 0 Å². The van der Waals surface area contributed by atoms with Gasteiger partial charge in [-0.2, -0.15) is 0 Å². The lowest BCUT2D eigenvalue weighted by Gasteiger charge is -2.01. The molecular formula is C7H14N6OS. The van der Waals surface area contributed by atoms with Crippen molar-refractivity contribution in [1.82, 2.24) is 25.5 Å². The molecule has 15 heavy (non-hydrogen) atoms. The van der Waals surface area contributed by atoms with Crippen molar-refractivity contribution in [2.75, 3.05) is 19.3 Å². The van der Waals surface area contributed by atoms with Crippen LogP contribution in [0.1, 0.15) is 6.42 Å². The van der Waals surface area contributed by atoms with Gasteiger partial charge < -0.3 is 11.1 Å². The Morgan fingerprint density at radius 1 is 1.67 bits per heavy atom. The van der Waals surface area contributed by atoms with Crippen LogP contribution in [0.4, 0.5) is 0 Å². The van der Waals surface area contributed by atoms with Crippen molar-refractivity contribution in [3.05, 3.63) is 0 Å². The molecule has 7 nitrogen and oxygen atoms in total. The molecule has 0 unspecified atom stereocenters. The SMILES string of the molecule is CNC(=O)CCSc1nnnn1CCN. The smallest absolute Gasteiger partial charge is 0.220 e. The molecule has 84 valence electrons. The zero-order valence-corrected chi connectivity index (χ0v) is 9.33. The number of carbonyl (C=O) groups excluding carboxylic acids is 1.